The van der Waals surface area contributed by atoms with Gasteiger partial charge in [-0.25, -0.2) is 0 Å². The molecule has 2 N–H and O–H groups in total. The SMILES string of the molecule is CCC1(C(=O)NCCc2ccncc2)CCCN1. The Morgan fingerprint density at radius 2 is 2.28 bits per heavy atom. The summed E-state index contributed by atoms with van der Waals surface area (Å²) in [6.07, 6.45) is 7.31. The lowest BCUT2D eigenvalue weighted by molar-refractivity contribution is -0.127. The minimum atomic E-state index is -0.321. The molecule has 0 aromatic carbocycles. The Kier molecular flexibility index (Phi) is 4.31. The molecule has 1 atom stereocenters. The smallest absolute Gasteiger partial charge is 0.240 e. The Balaban J connectivity index is 1.81. The third-order valence-corrected chi connectivity index (χ3v) is 3.73. The van der Waals surface area contributed by atoms with Crippen molar-refractivity contribution in [2.45, 2.75) is 38.1 Å². The topological polar surface area (TPSA) is 54.0 Å². The van der Waals surface area contributed by atoms with Gasteiger partial charge < -0.3 is 10.6 Å². The number of nitrogens with zero attached hydrogens (tertiary/aromatic N) is 1. The molecule has 0 bridgehead atoms. The van der Waals surface area contributed by atoms with E-state index < -0.39 is 0 Å². The van der Waals surface area contributed by atoms with E-state index in [9.17, 15) is 4.79 Å². The summed E-state index contributed by atoms with van der Waals surface area (Å²) < 4.78 is 0. The summed E-state index contributed by atoms with van der Waals surface area (Å²) in [5.74, 6) is 0.150. The molecule has 1 unspecified atom stereocenters. The lowest BCUT2D eigenvalue weighted by Gasteiger charge is -2.26. The summed E-state index contributed by atoms with van der Waals surface area (Å²) in [6, 6.07) is 3.96. The number of amides is 1. The molecule has 0 aliphatic carbocycles. The van der Waals surface area contributed by atoms with Crippen molar-refractivity contribution in [1.82, 2.24) is 15.6 Å². The number of nitrogens with one attached hydrogen (secondary N) is 2. The van der Waals surface area contributed by atoms with Gasteiger partial charge in [0.15, 0.2) is 0 Å². The van der Waals surface area contributed by atoms with Crippen molar-refractivity contribution >= 4 is 5.91 Å². The molecular formula is C14H21N3O. The van der Waals surface area contributed by atoms with E-state index in [0.717, 1.165) is 32.2 Å². The number of carbonyl (C=O) groups is 1. The van der Waals surface area contributed by atoms with Gasteiger partial charge in [-0.2, -0.15) is 0 Å². The number of carbonyl (C=O) groups excluding carboxylic acids is 1. The molecule has 2 rings (SSSR count). The van der Waals surface area contributed by atoms with E-state index in [2.05, 4.69) is 22.5 Å². The summed E-state index contributed by atoms with van der Waals surface area (Å²) in [6.45, 7) is 3.71. The van der Waals surface area contributed by atoms with E-state index in [1.54, 1.807) is 12.4 Å². The highest BCUT2D eigenvalue weighted by atomic mass is 16.2. The molecular weight excluding hydrogens is 226 g/mol. The van der Waals surface area contributed by atoms with Gasteiger partial charge in [-0.15, -0.1) is 0 Å². The van der Waals surface area contributed by atoms with Crippen molar-refractivity contribution in [1.29, 1.82) is 0 Å². The highest BCUT2D eigenvalue weighted by Gasteiger charge is 2.38. The Bertz CT molecular complexity index is 385. The van der Waals surface area contributed by atoms with Crippen LogP contribution >= 0.6 is 0 Å². The molecule has 1 aliphatic heterocycles. The van der Waals surface area contributed by atoms with Crippen LogP contribution in [0.4, 0.5) is 0 Å². The Morgan fingerprint density at radius 1 is 1.50 bits per heavy atom. The first-order valence-corrected chi connectivity index (χ1v) is 6.69. The highest BCUT2D eigenvalue weighted by molar-refractivity contribution is 5.86. The second-order valence-corrected chi connectivity index (χ2v) is 4.83. The zero-order chi connectivity index (χ0) is 12.8. The van der Waals surface area contributed by atoms with Gasteiger partial charge in [0, 0.05) is 18.9 Å². The zero-order valence-corrected chi connectivity index (χ0v) is 10.9. The molecule has 98 valence electrons. The van der Waals surface area contributed by atoms with Crippen molar-refractivity contribution in [2.75, 3.05) is 13.1 Å². The Labute approximate surface area is 108 Å². The summed E-state index contributed by atoms with van der Waals surface area (Å²) in [5, 5.41) is 6.39. The fraction of sp³-hybridized carbons (Fsp3) is 0.571. The Morgan fingerprint density at radius 3 is 2.89 bits per heavy atom. The van der Waals surface area contributed by atoms with Crippen LogP contribution in [0.2, 0.25) is 0 Å². The molecule has 1 saturated heterocycles. The molecule has 1 fully saturated rings. The molecule has 1 amide bonds. The first-order chi connectivity index (χ1) is 8.77. The minimum Gasteiger partial charge on any atom is -0.354 e. The van der Waals surface area contributed by atoms with Crippen molar-refractivity contribution in [3.63, 3.8) is 0 Å². The van der Waals surface area contributed by atoms with Crippen LogP contribution in [0.3, 0.4) is 0 Å². The maximum Gasteiger partial charge on any atom is 0.240 e. The molecule has 1 aromatic heterocycles. The third-order valence-electron chi connectivity index (χ3n) is 3.73. The molecule has 4 heteroatoms. The maximum absolute atomic E-state index is 12.2. The third kappa shape index (κ3) is 2.88. The number of pyridine rings is 1. The van der Waals surface area contributed by atoms with Gasteiger partial charge in [0.05, 0.1) is 5.54 Å². The first kappa shape index (κ1) is 13.0. The average Bonchev–Trinajstić information content (AvgIpc) is 2.90. The predicted molar refractivity (Wildman–Crippen MR) is 71.2 cm³/mol. The van der Waals surface area contributed by atoms with Crippen molar-refractivity contribution < 1.29 is 4.79 Å². The van der Waals surface area contributed by atoms with Gasteiger partial charge in [0.2, 0.25) is 5.91 Å². The van der Waals surface area contributed by atoms with Gasteiger partial charge in [-0.05, 0) is 49.9 Å². The first-order valence-electron chi connectivity index (χ1n) is 6.69. The minimum absolute atomic E-state index is 0.150. The average molecular weight is 247 g/mol. The van der Waals surface area contributed by atoms with Crippen LogP contribution in [0.15, 0.2) is 24.5 Å². The van der Waals surface area contributed by atoms with Gasteiger partial charge in [0.25, 0.3) is 0 Å². The fourth-order valence-electron chi connectivity index (χ4n) is 2.50. The normalized spacial score (nSPS) is 22.9. The molecule has 0 spiro atoms. The molecule has 0 radical (unpaired) electrons. The van der Waals surface area contributed by atoms with E-state index in [4.69, 9.17) is 0 Å². The molecule has 1 aliphatic rings. The van der Waals surface area contributed by atoms with Crippen LogP contribution in [0.1, 0.15) is 31.7 Å². The number of rotatable bonds is 5. The summed E-state index contributed by atoms with van der Waals surface area (Å²) in [4.78, 5) is 16.2. The number of hydrogen-bond acceptors (Lipinski definition) is 3. The van der Waals surface area contributed by atoms with Gasteiger partial charge in [-0.1, -0.05) is 6.92 Å². The monoisotopic (exact) mass is 247 g/mol. The summed E-state index contributed by atoms with van der Waals surface area (Å²) >= 11 is 0. The van der Waals surface area contributed by atoms with Crippen LogP contribution < -0.4 is 10.6 Å². The lowest BCUT2D eigenvalue weighted by atomic mass is 9.93. The predicted octanol–water partition coefficient (Wildman–Crippen LogP) is 1.27. The van der Waals surface area contributed by atoms with Crippen LogP contribution in [-0.2, 0) is 11.2 Å². The van der Waals surface area contributed by atoms with Crippen molar-refractivity contribution in [3.05, 3.63) is 30.1 Å². The van der Waals surface area contributed by atoms with Crippen molar-refractivity contribution in [3.8, 4) is 0 Å². The molecule has 1 aromatic rings. The van der Waals surface area contributed by atoms with Gasteiger partial charge in [-0.3, -0.25) is 9.78 Å². The maximum atomic E-state index is 12.2. The van der Waals surface area contributed by atoms with Crippen LogP contribution in [0.25, 0.3) is 0 Å². The van der Waals surface area contributed by atoms with E-state index in [1.807, 2.05) is 12.1 Å². The van der Waals surface area contributed by atoms with Gasteiger partial charge in [0.1, 0.15) is 0 Å². The summed E-state index contributed by atoms with van der Waals surface area (Å²) in [5.41, 5.74) is 0.883. The largest absolute Gasteiger partial charge is 0.354 e. The number of hydrogen-bond donors (Lipinski definition) is 2. The molecule has 2 heterocycles. The number of aromatic nitrogens is 1. The molecule has 4 nitrogen and oxygen atoms in total. The lowest BCUT2D eigenvalue weighted by Crippen LogP contribution is -2.53. The Hall–Kier alpha value is -1.42. The standard InChI is InChI=1S/C14H21N3O/c1-2-14(7-3-8-17-14)13(18)16-11-6-12-4-9-15-10-5-12/h4-5,9-10,17H,2-3,6-8,11H2,1H3,(H,16,18). The second-order valence-electron chi connectivity index (χ2n) is 4.83. The van der Waals surface area contributed by atoms with Crippen LogP contribution in [-0.4, -0.2) is 29.5 Å². The summed E-state index contributed by atoms with van der Waals surface area (Å²) in [7, 11) is 0. The van der Waals surface area contributed by atoms with Crippen LogP contribution in [0, 0.1) is 0 Å². The van der Waals surface area contributed by atoms with E-state index in [-0.39, 0.29) is 11.4 Å². The van der Waals surface area contributed by atoms with E-state index in [1.165, 1.54) is 5.56 Å². The quantitative estimate of drug-likeness (QED) is 0.824. The second kappa shape index (κ2) is 5.96. The van der Waals surface area contributed by atoms with E-state index in [0.29, 0.717) is 6.54 Å². The zero-order valence-electron chi connectivity index (χ0n) is 10.9. The molecule has 18 heavy (non-hydrogen) atoms. The van der Waals surface area contributed by atoms with Gasteiger partial charge >= 0.3 is 0 Å². The highest BCUT2D eigenvalue weighted by Crippen LogP contribution is 2.22. The van der Waals surface area contributed by atoms with Crippen LogP contribution in [0.5, 0.6) is 0 Å². The molecule has 0 saturated carbocycles. The fourth-order valence-corrected chi connectivity index (χ4v) is 2.50. The van der Waals surface area contributed by atoms with Crippen molar-refractivity contribution in [2.24, 2.45) is 0 Å². The van der Waals surface area contributed by atoms with E-state index >= 15 is 0 Å².